The van der Waals surface area contributed by atoms with Crippen LogP contribution in [0, 0.1) is 0 Å². The fourth-order valence-corrected chi connectivity index (χ4v) is 4.42. The number of amides is 1. The Morgan fingerprint density at radius 3 is 2.47 bits per heavy atom. The van der Waals surface area contributed by atoms with Crippen molar-refractivity contribution < 1.29 is 32.0 Å². The Morgan fingerprint density at radius 2 is 1.81 bits per heavy atom. The Kier molecular flexibility index (Phi) is 7.60. The normalized spacial score (nSPS) is 15.8. The second-order valence-corrected chi connectivity index (χ2v) is 8.67. The molecule has 0 saturated carbocycles. The number of anilines is 1. The van der Waals surface area contributed by atoms with E-state index in [9.17, 15) is 17.8 Å². The van der Waals surface area contributed by atoms with Gasteiger partial charge in [-0.2, -0.15) is 8.42 Å². The smallest absolute Gasteiger partial charge is 0.359 e. The number of carbonyl (C=O) groups is 1. The molecule has 9 nitrogen and oxygen atoms in total. The highest BCUT2D eigenvalue weighted by Gasteiger charge is 2.44. The highest BCUT2D eigenvalue weighted by molar-refractivity contribution is 7.84. The molecule has 1 aliphatic heterocycles. The second kappa shape index (κ2) is 10.2. The predicted octanol–water partition coefficient (Wildman–Crippen LogP) is 2.18. The number of nitrogens with one attached hydrogen (secondary N) is 1. The number of ether oxygens (including phenoxy) is 3. The average molecular weight is 465 g/mol. The zero-order valence-corrected chi connectivity index (χ0v) is 18.9. The molecule has 10 heteroatoms. The highest BCUT2D eigenvalue weighted by atomic mass is 32.2. The average Bonchev–Trinajstić information content (AvgIpc) is 2.78. The van der Waals surface area contributed by atoms with E-state index in [-0.39, 0.29) is 0 Å². The van der Waals surface area contributed by atoms with Gasteiger partial charge in [-0.15, -0.1) is 0 Å². The Labute approximate surface area is 188 Å². The van der Waals surface area contributed by atoms with Crippen molar-refractivity contribution in [3.63, 3.8) is 0 Å². The number of nitrogens with zero attached hydrogens (tertiary/aromatic N) is 1. The maximum absolute atomic E-state index is 13.1. The first-order chi connectivity index (χ1) is 15.3. The van der Waals surface area contributed by atoms with Crippen LogP contribution in [0.5, 0.6) is 11.5 Å². The zero-order valence-electron chi connectivity index (χ0n) is 18.1. The number of para-hydroxylation sites is 2. The van der Waals surface area contributed by atoms with Gasteiger partial charge in [0, 0.05) is 20.2 Å². The Balaban J connectivity index is 1.88. The van der Waals surface area contributed by atoms with Gasteiger partial charge in [0.25, 0.3) is 0 Å². The summed E-state index contributed by atoms with van der Waals surface area (Å²) in [5.41, 5.74) is 0.368. The fourth-order valence-electron chi connectivity index (χ4n) is 3.99. The Hall–Kier alpha value is -2.82. The Bertz CT molecular complexity index is 1030. The molecule has 2 aromatic rings. The van der Waals surface area contributed by atoms with E-state index in [4.69, 9.17) is 14.2 Å². The van der Waals surface area contributed by atoms with E-state index in [1.807, 2.05) is 24.3 Å². The topological polar surface area (TPSA) is 114 Å². The van der Waals surface area contributed by atoms with Crippen molar-refractivity contribution in [3.05, 3.63) is 54.1 Å². The maximum Gasteiger partial charge on any atom is 0.359 e. The summed E-state index contributed by atoms with van der Waals surface area (Å²) in [6, 6.07) is 14.6. The fraction of sp³-hybridized carbons (Fsp3) is 0.409. The summed E-state index contributed by atoms with van der Waals surface area (Å²) in [7, 11) is -1.57. The van der Waals surface area contributed by atoms with Crippen LogP contribution in [0.4, 0.5) is 5.69 Å². The minimum Gasteiger partial charge on any atom is -0.497 e. The second-order valence-electron chi connectivity index (χ2n) is 7.52. The zero-order chi connectivity index (χ0) is 23.2. The Morgan fingerprint density at radius 1 is 1.09 bits per heavy atom. The summed E-state index contributed by atoms with van der Waals surface area (Å²) in [5.74, 6) is 0.499. The summed E-state index contributed by atoms with van der Waals surface area (Å²) in [4.78, 5) is 15.2. The molecule has 0 aromatic heterocycles. The van der Waals surface area contributed by atoms with E-state index in [2.05, 4.69) is 4.90 Å². The summed E-state index contributed by atoms with van der Waals surface area (Å²) in [5, 5.41) is 0. The molecular formula is C22H28N2O7S. The summed E-state index contributed by atoms with van der Waals surface area (Å²) in [6.07, 6.45) is 0.655. The lowest BCUT2D eigenvalue weighted by Crippen LogP contribution is -2.53. The number of methoxy groups -OCH3 is 2. The van der Waals surface area contributed by atoms with Gasteiger partial charge in [-0.05, 0) is 42.7 Å². The van der Waals surface area contributed by atoms with Crippen LogP contribution in [0.25, 0.3) is 0 Å². The molecule has 1 fully saturated rings. The predicted molar refractivity (Wildman–Crippen MR) is 120 cm³/mol. The number of benzene rings is 2. The monoisotopic (exact) mass is 464 g/mol. The van der Waals surface area contributed by atoms with Crippen molar-refractivity contribution in [2.45, 2.75) is 18.3 Å². The van der Waals surface area contributed by atoms with Crippen LogP contribution in [0.1, 0.15) is 18.4 Å². The molecule has 1 amide bonds. The molecule has 0 spiro atoms. The van der Waals surface area contributed by atoms with Gasteiger partial charge in [0.05, 0.1) is 24.8 Å². The molecule has 0 bridgehead atoms. The van der Waals surface area contributed by atoms with Crippen LogP contribution in [-0.2, 0) is 25.3 Å². The molecule has 0 unspecified atom stereocenters. The molecule has 0 aliphatic carbocycles. The number of hydrogen-bond donors (Lipinski definition) is 2. The molecule has 1 saturated heterocycles. The van der Waals surface area contributed by atoms with E-state index in [1.165, 1.54) is 7.11 Å². The van der Waals surface area contributed by atoms with E-state index in [0.29, 0.717) is 56.2 Å². The van der Waals surface area contributed by atoms with Crippen LogP contribution >= 0.6 is 0 Å². The first-order valence-corrected chi connectivity index (χ1v) is 11.6. The van der Waals surface area contributed by atoms with Gasteiger partial charge < -0.3 is 19.1 Å². The number of hydrogen-bond acceptors (Lipinski definition) is 7. The molecular weight excluding hydrogens is 436 g/mol. The number of piperidine rings is 1. The van der Waals surface area contributed by atoms with Crippen molar-refractivity contribution in [2.24, 2.45) is 0 Å². The van der Waals surface area contributed by atoms with Crippen LogP contribution in [-0.4, -0.2) is 59.4 Å². The molecule has 0 atom stereocenters. The van der Waals surface area contributed by atoms with Gasteiger partial charge in [-0.3, -0.25) is 9.35 Å². The largest absolute Gasteiger partial charge is 0.497 e. The van der Waals surface area contributed by atoms with Gasteiger partial charge in [0.1, 0.15) is 18.1 Å². The molecule has 0 radical (unpaired) electrons. The summed E-state index contributed by atoms with van der Waals surface area (Å²) >= 11 is 0. The minimum absolute atomic E-state index is 0.327. The summed E-state index contributed by atoms with van der Waals surface area (Å²) in [6.45, 7) is 1.82. The van der Waals surface area contributed by atoms with E-state index < -0.39 is 21.6 Å². The van der Waals surface area contributed by atoms with Crippen molar-refractivity contribution in [1.29, 1.82) is 0 Å². The third-order valence-electron chi connectivity index (χ3n) is 5.65. The van der Waals surface area contributed by atoms with Crippen molar-refractivity contribution >= 4 is 21.9 Å². The van der Waals surface area contributed by atoms with Gasteiger partial charge >= 0.3 is 10.3 Å². The molecule has 174 valence electrons. The van der Waals surface area contributed by atoms with Gasteiger partial charge in [0.15, 0.2) is 0 Å². The maximum atomic E-state index is 13.1. The van der Waals surface area contributed by atoms with Gasteiger partial charge in [0.2, 0.25) is 5.91 Å². The first-order valence-electron chi connectivity index (χ1n) is 10.2. The standard InChI is InChI=1S/C22H28N2O7S/c1-29-14-15-31-20-9-4-3-8-19(20)24-12-10-22(11-13-24,21(25)23-32(26,27)28)17-6-5-7-18(16-17)30-2/h3-9,16H,10-15H2,1-2H3,(H,23,25)(H,26,27,28). The number of carbonyl (C=O) groups excluding carboxylic acids is 1. The molecule has 32 heavy (non-hydrogen) atoms. The molecule has 3 rings (SSSR count). The highest BCUT2D eigenvalue weighted by Crippen LogP contribution is 2.40. The molecule has 2 N–H and O–H groups in total. The summed E-state index contributed by atoms with van der Waals surface area (Å²) < 4.78 is 50.0. The van der Waals surface area contributed by atoms with Crippen molar-refractivity contribution in [2.75, 3.05) is 45.4 Å². The lowest BCUT2D eigenvalue weighted by atomic mass is 9.72. The third kappa shape index (κ3) is 5.50. The van der Waals surface area contributed by atoms with Crippen molar-refractivity contribution in [3.8, 4) is 11.5 Å². The van der Waals surface area contributed by atoms with Crippen LogP contribution in [0.3, 0.4) is 0 Å². The van der Waals surface area contributed by atoms with E-state index in [0.717, 1.165) is 5.69 Å². The van der Waals surface area contributed by atoms with Gasteiger partial charge in [-0.25, -0.2) is 4.72 Å². The SMILES string of the molecule is COCCOc1ccccc1N1CCC(C(=O)NS(=O)(=O)O)(c2cccc(OC)c2)CC1. The number of rotatable bonds is 9. The van der Waals surface area contributed by atoms with E-state index >= 15 is 0 Å². The quantitative estimate of drug-likeness (QED) is 0.429. The van der Waals surface area contributed by atoms with Crippen molar-refractivity contribution in [1.82, 2.24) is 4.72 Å². The molecule has 1 aliphatic rings. The third-order valence-corrected chi connectivity index (χ3v) is 6.09. The van der Waals surface area contributed by atoms with Crippen LogP contribution in [0.15, 0.2) is 48.5 Å². The molecule has 1 heterocycles. The lowest BCUT2D eigenvalue weighted by molar-refractivity contribution is -0.125. The lowest BCUT2D eigenvalue weighted by Gasteiger charge is -2.42. The van der Waals surface area contributed by atoms with Gasteiger partial charge in [-0.1, -0.05) is 24.3 Å². The minimum atomic E-state index is -4.70. The first kappa shape index (κ1) is 23.8. The van der Waals surface area contributed by atoms with Crippen LogP contribution in [0.2, 0.25) is 0 Å². The molecule has 2 aromatic carbocycles. The van der Waals surface area contributed by atoms with Crippen LogP contribution < -0.4 is 19.1 Å². The van der Waals surface area contributed by atoms with E-state index in [1.54, 1.807) is 36.1 Å².